The first-order valence-corrected chi connectivity index (χ1v) is 6.15. The van der Waals surface area contributed by atoms with Crippen molar-refractivity contribution in [3.05, 3.63) is 63.3 Å². The second kappa shape index (κ2) is 5.52. The van der Waals surface area contributed by atoms with Gasteiger partial charge in [0, 0.05) is 4.47 Å². The van der Waals surface area contributed by atoms with Crippen molar-refractivity contribution in [1.82, 2.24) is 0 Å². The minimum atomic E-state index is -0.496. The predicted molar refractivity (Wildman–Crippen MR) is 69.9 cm³/mol. The van der Waals surface area contributed by atoms with Gasteiger partial charge in [-0.2, -0.15) is 0 Å². The number of halogens is 3. The third kappa shape index (κ3) is 3.20. The monoisotopic (exact) mass is 314 g/mol. The molecule has 2 aromatic carbocycles. The molecule has 0 aromatic heterocycles. The van der Waals surface area contributed by atoms with Crippen LogP contribution in [0.25, 0.3) is 0 Å². The lowest BCUT2D eigenvalue weighted by Gasteiger charge is -2.09. The normalized spacial score (nSPS) is 10.3. The molecule has 0 aliphatic carbocycles. The quantitative estimate of drug-likeness (QED) is 0.738. The van der Waals surface area contributed by atoms with Crippen LogP contribution in [0, 0.1) is 5.82 Å². The van der Waals surface area contributed by atoms with E-state index in [9.17, 15) is 4.39 Å². The van der Waals surface area contributed by atoms with Gasteiger partial charge in [0.05, 0.1) is 0 Å². The zero-order valence-electron chi connectivity index (χ0n) is 8.79. The van der Waals surface area contributed by atoms with E-state index in [1.807, 2.05) is 30.3 Å². The van der Waals surface area contributed by atoms with Crippen molar-refractivity contribution in [2.75, 3.05) is 0 Å². The molecule has 0 spiro atoms. The maximum atomic E-state index is 13.3. The topological polar surface area (TPSA) is 9.23 Å². The number of benzene rings is 2. The van der Waals surface area contributed by atoms with Crippen molar-refractivity contribution >= 4 is 27.5 Å². The lowest BCUT2D eigenvalue weighted by molar-refractivity contribution is 0.304. The van der Waals surface area contributed by atoms with Gasteiger partial charge in [0.15, 0.2) is 0 Å². The molecule has 2 rings (SSSR count). The number of hydrogen-bond donors (Lipinski definition) is 0. The molecule has 0 saturated heterocycles. The molecule has 0 atom stereocenters. The second-order valence-electron chi connectivity index (χ2n) is 3.47. The van der Waals surface area contributed by atoms with Crippen molar-refractivity contribution in [3.63, 3.8) is 0 Å². The molecule has 4 heteroatoms. The second-order valence-corrected chi connectivity index (χ2v) is 4.77. The molecule has 0 unspecified atom stereocenters. The lowest BCUT2D eigenvalue weighted by Crippen LogP contribution is -1.96. The fraction of sp³-hybridized carbons (Fsp3) is 0.0769. The fourth-order valence-electron chi connectivity index (χ4n) is 1.37. The maximum Gasteiger partial charge on any atom is 0.146 e. The average molecular weight is 316 g/mol. The molecule has 88 valence electrons. The minimum Gasteiger partial charge on any atom is -0.487 e. The van der Waals surface area contributed by atoms with Crippen LogP contribution in [-0.4, -0.2) is 0 Å². The fourth-order valence-corrected chi connectivity index (χ4v) is 1.95. The number of ether oxygens (including phenoxy) is 1. The molecule has 0 aliphatic rings. The first-order valence-electron chi connectivity index (χ1n) is 4.98. The number of rotatable bonds is 3. The van der Waals surface area contributed by atoms with Crippen LogP contribution in [0.1, 0.15) is 5.56 Å². The van der Waals surface area contributed by atoms with Gasteiger partial charge in [0.25, 0.3) is 0 Å². The van der Waals surface area contributed by atoms with Crippen LogP contribution < -0.4 is 4.74 Å². The molecule has 0 heterocycles. The lowest BCUT2D eigenvalue weighted by atomic mass is 10.2. The highest BCUT2D eigenvalue weighted by Gasteiger charge is 2.09. The first-order chi connectivity index (χ1) is 8.16. The molecule has 17 heavy (non-hydrogen) atoms. The molecule has 0 radical (unpaired) electrons. The van der Waals surface area contributed by atoms with Crippen molar-refractivity contribution < 1.29 is 9.13 Å². The molecular weight excluding hydrogens is 306 g/mol. The molecule has 0 saturated carbocycles. The molecule has 2 aromatic rings. The molecule has 0 N–H and O–H groups in total. The van der Waals surface area contributed by atoms with Crippen LogP contribution in [0.2, 0.25) is 5.02 Å². The standard InChI is InChI=1S/C13H9BrClFO/c14-10-6-11(16)13(15)12(7-10)17-8-9-4-2-1-3-5-9/h1-7H,8H2. The van der Waals surface area contributed by atoms with Crippen molar-refractivity contribution in [1.29, 1.82) is 0 Å². The smallest absolute Gasteiger partial charge is 0.146 e. The summed E-state index contributed by atoms with van der Waals surface area (Å²) in [7, 11) is 0. The van der Waals surface area contributed by atoms with E-state index >= 15 is 0 Å². The Hall–Kier alpha value is -1.06. The maximum absolute atomic E-state index is 13.3. The largest absolute Gasteiger partial charge is 0.487 e. The van der Waals surface area contributed by atoms with E-state index < -0.39 is 5.82 Å². The van der Waals surface area contributed by atoms with Gasteiger partial charge >= 0.3 is 0 Å². The summed E-state index contributed by atoms with van der Waals surface area (Å²) in [6.07, 6.45) is 0. The summed E-state index contributed by atoms with van der Waals surface area (Å²) < 4.78 is 19.4. The summed E-state index contributed by atoms with van der Waals surface area (Å²) in [5, 5.41) is 0.00383. The van der Waals surface area contributed by atoms with Gasteiger partial charge in [-0.15, -0.1) is 0 Å². The van der Waals surface area contributed by atoms with Gasteiger partial charge in [0.1, 0.15) is 23.2 Å². The van der Waals surface area contributed by atoms with Crippen LogP contribution in [0.5, 0.6) is 5.75 Å². The summed E-state index contributed by atoms with van der Waals surface area (Å²) in [5.41, 5.74) is 1.00. The van der Waals surface area contributed by atoms with Gasteiger partial charge in [-0.05, 0) is 17.7 Å². The molecule has 0 fully saturated rings. The summed E-state index contributed by atoms with van der Waals surface area (Å²) in [6, 6.07) is 12.6. The molecule has 0 bridgehead atoms. The van der Waals surface area contributed by atoms with E-state index in [0.29, 0.717) is 16.8 Å². The van der Waals surface area contributed by atoms with Crippen molar-refractivity contribution in [2.45, 2.75) is 6.61 Å². The molecule has 1 nitrogen and oxygen atoms in total. The summed E-state index contributed by atoms with van der Waals surface area (Å²) >= 11 is 9.01. The van der Waals surface area contributed by atoms with Gasteiger partial charge < -0.3 is 4.74 Å². The highest BCUT2D eigenvalue weighted by molar-refractivity contribution is 9.10. The zero-order chi connectivity index (χ0) is 12.3. The van der Waals surface area contributed by atoms with E-state index in [1.54, 1.807) is 6.07 Å². The SMILES string of the molecule is Fc1cc(Br)cc(OCc2ccccc2)c1Cl. The Morgan fingerprint density at radius 1 is 1.18 bits per heavy atom. The third-order valence-electron chi connectivity index (χ3n) is 2.20. The van der Waals surface area contributed by atoms with E-state index in [4.69, 9.17) is 16.3 Å². The van der Waals surface area contributed by atoms with Crippen LogP contribution in [0.15, 0.2) is 46.9 Å². The van der Waals surface area contributed by atoms with Gasteiger partial charge in [-0.3, -0.25) is 0 Å². The van der Waals surface area contributed by atoms with Gasteiger partial charge in [-0.25, -0.2) is 4.39 Å². The van der Waals surface area contributed by atoms with E-state index in [0.717, 1.165) is 5.56 Å². The Kier molecular flexibility index (Phi) is 4.02. The Bertz CT molecular complexity index is 516. The molecule has 0 amide bonds. The molecular formula is C13H9BrClFO. The van der Waals surface area contributed by atoms with Gasteiger partial charge in [-0.1, -0.05) is 57.9 Å². The van der Waals surface area contributed by atoms with Gasteiger partial charge in [0.2, 0.25) is 0 Å². The van der Waals surface area contributed by atoms with Crippen LogP contribution in [0.4, 0.5) is 4.39 Å². The third-order valence-corrected chi connectivity index (χ3v) is 3.02. The Morgan fingerprint density at radius 3 is 2.59 bits per heavy atom. The minimum absolute atomic E-state index is 0.00383. The number of hydrogen-bond acceptors (Lipinski definition) is 1. The van der Waals surface area contributed by atoms with Crippen molar-refractivity contribution in [3.8, 4) is 5.75 Å². The summed E-state index contributed by atoms with van der Waals surface area (Å²) in [6.45, 7) is 0.358. The van der Waals surface area contributed by atoms with Crippen LogP contribution >= 0.6 is 27.5 Å². The van der Waals surface area contributed by atoms with E-state index in [1.165, 1.54) is 6.07 Å². The Labute approximate surface area is 112 Å². The highest BCUT2D eigenvalue weighted by atomic mass is 79.9. The Balaban J connectivity index is 2.14. The van der Waals surface area contributed by atoms with Crippen molar-refractivity contribution in [2.24, 2.45) is 0 Å². The Morgan fingerprint density at radius 2 is 1.88 bits per heavy atom. The predicted octanol–water partition coefficient (Wildman–Crippen LogP) is 4.82. The van der Waals surface area contributed by atoms with E-state index in [2.05, 4.69) is 15.9 Å². The molecule has 0 aliphatic heterocycles. The van der Waals surface area contributed by atoms with Crippen LogP contribution in [-0.2, 0) is 6.61 Å². The average Bonchev–Trinajstić information content (AvgIpc) is 2.33. The zero-order valence-corrected chi connectivity index (χ0v) is 11.1. The summed E-state index contributed by atoms with van der Waals surface area (Å²) in [4.78, 5) is 0. The summed E-state index contributed by atoms with van der Waals surface area (Å²) in [5.74, 6) is -0.161. The first kappa shape index (κ1) is 12.4. The van der Waals surface area contributed by atoms with Crippen LogP contribution in [0.3, 0.4) is 0 Å². The highest BCUT2D eigenvalue weighted by Crippen LogP contribution is 2.31. The van der Waals surface area contributed by atoms with E-state index in [-0.39, 0.29) is 5.02 Å².